The van der Waals surface area contributed by atoms with Crippen LogP contribution >= 0.6 is 27.5 Å². The summed E-state index contributed by atoms with van der Waals surface area (Å²) in [5, 5.41) is 4.62. The van der Waals surface area contributed by atoms with Gasteiger partial charge in [-0.3, -0.25) is 4.68 Å². The van der Waals surface area contributed by atoms with Crippen LogP contribution in [0.15, 0.2) is 34.8 Å². The molecule has 2 aromatic rings. The minimum atomic E-state index is 0.444. The summed E-state index contributed by atoms with van der Waals surface area (Å²) in [6, 6.07) is 10.7. The van der Waals surface area contributed by atoms with E-state index in [0.717, 1.165) is 30.3 Å². The number of rotatable bonds is 7. The Bertz CT molecular complexity index is 563. The number of benzene rings is 1. The van der Waals surface area contributed by atoms with E-state index in [2.05, 4.69) is 69.9 Å². The van der Waals surface area contributed by atoms with E-state index < -0.39 is 0 Å². The van der Waals surface area contributed by atoms with Crippen molar-refractivity contribution in [3.63, 3.8) is 0 Å². The van der Waals surface area contributed by atoms with Gasteiger partial charge in [-0.25, -0.2) is 0 Å². The molecule has 1 heterocycles. The lowest BCUT2D eigenvalue weighted by Gasteiger charge is -2.15. The summed E-state index contributed by atoms with van der Waals surface area (Å²) in [6.45, 7) is 5.20. The van der Waals surface area contributed by atoms with Crippen molar-refractivity contribution in [3.8, 4) is 0 Å². The minimum absolute atomic E-state index is 0.444. The number of halogens is 2. The lowest BCUT2D eigenvalue weighted by atomic mass is 9.96. The highest BCUT2D eigenvalue weighted by Gasteiger charge is 2.14. The van der Waals surface area contributed by atoms with E-state index in [1.807, 2.05) is 0 Å². The Labute approximate surface area is 140 Å². The van der Waals surface area contributed by atoms with Crippen LogP contribution in [0.2, 0.25) is 0 Å². The van der Waals surface area contributed by atoms with Crippen molar-refractivity contribution >= 4 is 27.5 Å². The first-order chi connectivity index (χ1) is 10.2. The molecule has 0 spiro atoms. The predicted molar refractivity (Wildman–Crippen MR) is 93.0 cm³/mol. The largest absolute Gasteiger partial charge is 0.270 e. The van der Waals surface area contributed by atoms with Gasteiger partial charge in [-0.1, -0.05) is 35.0 Å². The second kappa shape index (κ2) is 8.00. The quantitative estimate of drug-likeness (QED) is 0.637. The second-order valence-corrected chi connectivity index (χ2v) is 6.58. The smallest absolute Gasteiger partial charge is 0.0624 e. The highest BCUT2D eigenvalue weighted by atomic mass is 79.9. The van der Waals surface area contributed by atoms with Crippen molar-refractivity contribution in [2.24, 2.45) is 5.92 Å². The van der Waals surface area contributed by atoms with Crippen molar-refractivity contribution in [3.05, 3.63) is 51.8 Å². The molecule has 2 nitrogen and oxygen atoms in total. The third kappa shape index (κ3) is 4.58. The maximum atomic E-state index is 6.20. The van der Waals surface area contributed by atoms with Crippen molar-refractivity contribution in [1.29, 1.82) is 0 Å². The zero-order chi connectivity index (χ0) is 15.2. The van der Waals surface area contributed by atoms with Gasteiger partial charge in [-0.05, 0) is 55.9 Å². The van der Waals surface area contributed by atoms with Gasteiger partial charge in [0.05, 0.1) is 5.69 Å². The molecule has 21 heavy (non-hydrogen) atoms. The summed E-state index contributed by atoms with van der Waals surface area (Å²) in [7, 11) is 0. The molecule has 0 N–H and O–H groups in total. The Morgan fingerprint density at radius 3 is 2.48 bits per heavy atom. The predicted octanol–water partition coefficient (Wildman–Crippen LogP) is 4.87. The van der Waals surface area contributed by atoms with Gasteiger partial charge in [0.25, 0.3) is 0 Å². The van der Waals surface area contributed by atoms with E-state index >= 15 is 0 Å². The van der Waals surface area contributed by atoms with Crippen LogP contribution in [0.1, 0.15) is 30.8 Å². The topological polar surface area (TPSA) is 17.8 Å². The third-order valence-corrected chi connectivity index (χ3v) is 4.69. The molecule has 0 aliphatic carbocycles. The number of aromatic nitrogens is 2. The molecule has 0 radical (unpaired) electrons. The fourth-order valence-electron chi connectivity index (χ4n) is 2.56. The minimum Gasteiger partial charge on any atom is -0.270 e. The molecule has 1 aromatic heterocycles. The average molecular weight is 370 g/mol. The fraction of sp³-hybridized carbons (Fsp3) is 0.471. The molecule has 2 rings (SSSR count). The maximum absolute atomic E-state index is 6.20. The number of hydrogen-bond acceptors (Lipinski definition) is 1. The molecule has 0 bridgehead atoms. The number of nitrogens with zero attached hydrogens (tertiary/aromatic N) is 2. The van der Waals surface area contributed by atoms with Crippen LogP contribution in [0, 0.1) is 5.92 Å². The highest BCUT2D eigenvalue weighted by molar-refractivity contribution is 9.10. The van der Waals surface area contributed by atoms with Gasteiger partial charge in [0.1, 0.15) is 0 Å². The van der Waals surface area contributed by atoms with E-state index in [-0.39, 0.29) is 0 Å². The lowest BCUT2D eigenvalue weighted by molar-refractivity contribution is 0.531. The van der Waals surface area contributed by atoms with Crippen LogP contribution in [0.25, 0.3) is 0 Å². The third-order valence-electron chi connectivity index (χ3n) is 3.73. The molecule has 114 valence electrons. The van der Waals surface area contributed by atoms with Crippen molar-refractivity contribution < 1.29 is 0 Å². The number of aryl methyl sites for hydroxylation is 2. The number of hydrogen-bond donors (Lipinski definition) is 0. The van der Waals surface area contributed by atoms with Gasteiger partial charge in [-0.15, -0.1) is 11.6 Å². The fourth-order valence-corrected chi connectivity index (χ4v) is 3.04. The Balaban J connectivity index is 2.08. The van der Waals surface area contributed by atoms with Crippen LogP contribution in [0.5, 0.6) is 0 Å². The van der Waals surface area contributed by atoms with Gasteiger partial charge in [-0.2, -0.15) is 5.10 Å². The molecule has 0 saturated carbocycles. The molecule has 0 aliphatic rings. The zero-order valence-electron chi connectivity index (χ0n) is 12.6. The number of alkyl halides is 1. The van der Waals surface area contributed by atoms with Gasteiger partial charge >= 0.3 is 0 Å². The summed E-state index contributed by atoms with van der Waals surface area (Å²) in [6.07, 6.45) is 2.98. The zero-order valence-corrected chi connectivity index (χ0v) is 15.0. The summed E-state index contributed by atoms with van der Waals surface area (Å²) in [5.41, 5.74) is 3.81. The van der Waals surface area contributed by atoms with Crippen LogP contribution in [-0.4, -0.2) is 15.7 Å². The highest BCUT2D eigenvalue weighted by Crippen LogP contribution is 2.19. The van der Waals surface area contributed by atoms with Crippen molar-refractivity contribution in [2.45, 2.75) is 39.7 Å². The van der Waals surface area contributed by atoms with Crippen LogP contribution in [0.4, 0.5) is 0 Å². The Hall–Kier alpha value is -0.800. The van der Waals surface area contributed by atoms with E-state index in [4.69, 9.17) is 11.6 Å². The first-order valence-electron chi connectivity index (χ1n) is 7.52. The van der Waals surface area contributed by atoms with Gasteiger partial charge < -0.3 is 0 Å². The molecule has 0 fully saturated rings. The molecule has 1 atom stereocenters. The van der Waals surface area contributed by atoms with E-state index in [9.17, 15) is 0 Å². The molecule has 0 amide bonds. The van der Waals surface area contributed by atoms with E-state index in [1.54, 1.807) is 0 Å². The van der Waals surface area contributed by atoms with Crippen molar-refractivity contribution in [1.82, 2.24) is 9.78 Å². The lowest BCUT2D eigenvalue weighted by Crippen LogP contribution is -2.13. The molecule has 0 saturated heterocycles. The molecule has 1 aromatic carbocycles. The SMILES string of the molecule is CCc1cc(CC(CCl)Cc2ccc(Br)cc2)n(CC)n1. The normalized spacial score (nSPS) is 12.6. The first-order valence-corrected chi connectivity index (χ1v) is 8.85. The van der Waals surface area contributed by atoms with Gasteiger partial charge in [0.2, 0.25) is 0 Å². The summed E-state index contributed by atoms with van der Waals surface area (Å²) >= 11 is 9.67. The molecular formula is C17H22BrClN2. The van der Waals surface area contributed by atoms with Crippen LogP contribution in [-0.2, 0) is 25.8 Å². The maximum Gasteiger partial charge on any atom is 0.0624 e. The Morgan fingerprint density at radius 2 is 1.90 bits per heavy atom. The summed E-state index contributed by atoms with van der Waals surface area (Å²) in [5.74, 6) is 1.12. The van der Waals surface area contributed by atoms with Crippen LogP contribution in [0.3, 0.4) is 0 Å². The summed E-state index contributed by atoms with van der Waals surface area (Å²) < 4.78 is 3.23. The molecule has 4 heteroatoms. The monoisotopic (exact) mass is 368 g/mol. The standard InChI is InChI=1S/C17H22BrClN2/c1-3-16-11-17(21(4-2)20-16)10-14(12-19)9-13-5-7-15(18)8-6-13/h5-8,11,14H,3-4,9-10,12H2,1-2H3. The first kappa shape index (κ1) is 16.6. The second-order valence-electron chi connectivity index (χ2n) is 5.35. The van der Waals surface area contributed by atoms with Crippen LogP contribution < -0.4 is 0 Å². The van der Waals surface area contributed by atoms with E-state index in [0.29, 0.717) is 11.8 Å². The molecule has 0 aliphatic heterocycles. The summed E-state index contributed by atoms with van der Waals surface area (Å²) in [4.78, 5) is 0. The molecular weight excluding hydrogens is 348 g/mol. The van der Waals surface area contributed by atoms with Crippen molar-refractivity contribution in [2.75, 3.05) is 5.88 Å². The molecule has 1 unspecified atom stereocenters. The van der Waals surface area contributed by atoms with Gasteiger partial charge in [0, 0.05) is 22.6 Å². The Morgan fingerprint density at radius 1 is 1.19 bits per heavy atom. The average Bonchev–Trinajstić information content (AvgIpc) is 2.91. The Kier molecular flexibility index (Phi) is 6.31. The van der Waals surface area contributed by atoms with Gasteiger partial charge in [0.15, 0.2) is 0 Å². The van der Waals surface area contributed by atoms with E-state index in [1.165, 1.54) is 17.0 Å².